The van der Waals surface area contributed by atoms with Crippen LogP contribution in [0.25, 0.3) is 0 Å². The van der Waals surface area contributed by atoms with Gasteiger partial charge < -0.3 is 4.74 Å². The van der Waals surface area contributed by atoms with Crippen LogP contribution in [0.2, 0.25) is 0 Å². The minimum atomic E-state index is -4.87. The van der Waals surface area contributed by atoms with Crippen LogP contribution in [0.1, 0.15) is 34.1 Å². The van der Waals surface area contributed by atoms with Gasteiger partial charge in [-0.2, -0.15) is 0 Å². The molecule has 2 nitrogen and oxygen atoms in total. The predicted octanol–water partition coefficient (Wildman–Crippen LogP) is 3.12. The first-order valence-electron chi connectivity index (χ1n) is 4.31. The minimum Gasteiger partial charge on any atom is -0.373 e. The van der Waals surface area contributed by atoms with Crippen molar-refractivity contribution in [1.29, 1.82) is 0 Å². The van der Waals surface area contributed by atoms with Crippen LogP contribution in [0.3, 0.4) is 0 Å². The summed E-state index contributed by atoms with van der Waals surface area (Å²) in [6.07, 6.45) is -4.51. The third kappa shape index (κ3) is 6.74. The Morgan fingerprint density at radius 3 is 2.00 bits per heavy atom. The van der Waals surface area contributed by atoms with Gasteiger partial charge in [-0.15, -0.1) is 13.2 Å². The van der Waals surface area contributed by atoms with Crippen molar-refractivity contribution < 1.29 is 22.7 Å². The van der Waals surface area contributed by atoms with Crippen molar-refractivity contribution >= 4 is 5.97 Å². The summed E-state index contributed by atoms with van der Waals surface area (Å²) >= 11 is 0. The van der Waals surface area contributed by atoms with E-state index in [4.69, 9.17) is 0 Å². The number of ether oxygens (including phenoxy) is 1. The van der Waals surface area contributed by atoms with Gasteiger partial charge in [-0.05, 0) is 11.8 Å². The first-order chi connectivity index (χ1) is 6.01. The van der Waals surface area contributed by atoms with Gasteiger partial charge in [0.1, 0.15) is 0 Å². The monoisotopic (exact) mass is 212 g/mol. The highest BCUT2D eigenvalue weighted by Crippen LogP contribution is 2.27. The van der Waals surface area contributed by atoms with E-state index in [1.807, 2.05) is 20.8 Å². The molecular weight excluding hydrogens is 197 g/mol. The van der Waals surface area contributed by atoms with E-state index in [1.165, 1.54) is 6.92 Å². The van der Waals surface area contributed by atoms with E-state index in [9.17, 15) is 18.0 Å². The fourth-order valence-electron chi connectivity index (χ4n) is 1.22. The molecule has 0 rings (SSSR count). The Hall–Kier alpha value is -0.740. The number of alkyl halides is 3. The number of hydrogen-bond acceptors (Lipinski definition) is 2. The number of rotatable bonds is 2. The van der Waals surface area contributed by atoms with E-state index < -0.39 is 18.2 Å². The lowest BCUT2D eigenvalue weighted by Crippen LogP contribution is -2.26. The topological polar surface area (TPSA) is 26.3 Å². The smallest absolute Gasteiger partial charge is 0.373 e. The van der Waals surface area contributed by atoms with E-state index in [2.05, 4.69) is 4.74 Å². The van der Waals surface area contributed by atoms with Crippen LogP contribution in [0.15, 0.2) is 0 Å². The molecule has 0 aliphatic carbocycles. The Morgan fingerprint density at radius 2 is 1.71 bits per heavy atom. The summed E-state index contributed by atoms with van der Waals surface area (Å²) in [7, 11) is 0. The van der Waals surface area contributed by atoms with E-state index in [-0.39, 0.29) is 5.41 Å². The maximum absolute atomic E-state index is 11.7. The van der Waals surface area contributed by atoms with Gasteiger partial charge in [0, 0.05) is 0 Å². The third-order valence-corrected chi connectivity index (χ3v) is 1.54. The maximum Gasteiger partial charge on any atom is 0.575 e. The molecule has 1 atom stereocenters. The second-order valence-electron chi connectivity index (χ2n) is 4.53. The van der Waals surface area contributed by atoms with E-state index >= 15 is 0 Å². The second kappa shape index (κ2) is 4.19. The number of hydrogen-bond donors (Lipinski definition) is 0. The Bertz CT molecular complexity index is 203. The largest absolute Gasteiger partial charge is 0.575 e. The van der Waals surface area contributed by atoms with Crippen LogP contribution < -0.4 is 0 Å². The molecule has 0 bridgehead atoms. The molecule has 0 heterocycles. The molecule has 0 amide bonds. The van der Waals surface area contributed by atoms with Gasteiger partial charge in [-0.1, -0.05) is 27.7 Å². The van der Waals surface area contributed by atoms with Gasteiger partial charge in [-0.25, -0.2) is 0 Å². The molecule has 0 fully saturated rings. The molecule has 0 aliphatic heterocycles. The molecule has 84 valence electrons. The molecule has 0 saturated carbocycles. The van der Waals surface area contributed by atoms with Crippen molar-refractivity contribution in [2.75, 3.05) is 0 Å². The molecule has 1 unspecified atom stereocenters. The van der Waals surface area contributed by atoms with Crippen LogP contribution in [0, 0.1) is 11.3 Å². The average Bonchev–Trinajstić information content (AvgIpc) is 1.78. The summed E-state index contributed by atoms with van der Waals surface area (Å²) in [6.45, 7) is 6.98. The standard InChI is InChI=1S/C9H15F3O2/c1-6(5-8(2,3)4)7(13)14-9(10,11)12/h6H,5H2,1-4H3. The van der Waals surface area contributed by atoms with Gasteiger partial charge in [0.25, 0.3) is 0 Å². The van der Waals surface area contributed by atoms with E-state index in [0.29, 0.717) is 6.42 Å². The van der Waals surface area contributed by atoms with Gasteiger partial charge in [0.05, 0.1) is 5.92 Å². The highest BCUT2D eigenvalue weighted by Gasteiger charge is 2.36. The molecular formula is C9H15F3O2. The Labute approximate surface area is 81.4 Å². The van der Waals surface area contributed by atoms with Crippen molar-refractivity contribution in [3.8, 4) is 0 Å². The molecule has 5 heteroatoms. The molecule has 0 radical (unpaired) electrons. The fourth-order valence-corrected chi connectivity index (χ4v) is 1.22. The zero-order valence-corrected chi connectivity index (χ0v) is 8.73. The van der Waals surface area contributed by atoms with Crippen LogP contribution >= 0.6 is 0 Å². The summed E-state index contributed by atoms with van der Waals surface area (Å²) in [5.41, 5.74) is -0.190. The highest BCUT2D eigenvalue weighted by atomic mass is 19.4. The summed E-state index contributed by atoms with van der Waals surface area (Å²) < 4.78 is 38.3. The average molecular weight is 212 g/mol. The lowest BCUT2D eigenvalue weighted by Gasteiger charge is -2.22. The minimum absolute atomic E-state index is 0.190. The molecule has 14 heavy (non-hydrogen) atoms. The molecule has 0 saturated heterocycles. The van der Waals surface area contributed by atoms with Gasteiger partial charge >= 0.3 is 12.3 Å². The first-order valence-corrected chi connectivity index (χ1v) is 4.31. The number of carbonyl (C=O) groups is 1. The normalized spacial score (nSPS) is 15.1. The zero-order valence-electron chi connectivity index (χ0n) is 8.73. The van der Waals surface area contributed by atoms with Crippen LogP contribution in [0.5, 0.6) is 0 Å². The SMILES string of the molecule is CC(CC(C)(C)C)C(=O)OC(F)(F)F. The molecule has 0 spiro atoms. The molecule has 0 aromatic carbocycles. The zero-order chi connectivity index (χ0) is 11.6. The quantitative estimate of drug-likeness (QED) is 0.657. The number of carbonyl (C=O) groups excluding carboxylic acids is 1. The van der Waals surface area contributed by atoms with Crippen molar-refractivity contribution in [3.05, 3.63) is 0 Å². The van der Waals surface area contributed by atoms with Crippen LogP contribution in [-0.4, -0.2) is 12.3 Å². The lowest BCUT2D eigenvalue weighted by molar-refractivity contribution is -0.308. The van der Waals surface area contributed by atoms with Gasteiger partial charge in [0.2, 0.25) is 0 Å². The Morgan fingerprint density at radius 1 is 1.29 bits per heavy atom. The maximum atomic E-state index is 11.7. The van der Waals surface area contributed by atoms with Crippen molar-refractivity contribution in [3.63, 3.8) is 0 Å². The van der Waals surface area contributed by atoms with Crippen molar-refractivity contribution in [2.45, 2.75) is 40.5 Å². The highest BCUT2D eigenvalue weighted by molar-refractivity contribution is 5.72. The van der Waals surface area contributed by atoms with Gasteiger partial charge in [-0.3, -0.25) is 4.79 Å². The number of halogens is 3. The van der Waals surface area contributed by atoms with E-state index in [1.54, 1.807) is 0 Å². The first kappa shape index (κ1) is 13.3. The fraction of sp³-hybridized carbons (Fsp3) is 0.889. The van der Waals surface area contributed by atoms with Crippen LogP contribution in [0.4, 0.5) is 13.2 Å². The predicted molar refractivity (Wildman–Crippen MR) is 45.4 cm³/mol. The molecule has 0 aromatic heterocycles. The molecule has 0 aromatic rings. The Kier molecular flexibility index (Phi) is 3.97. The van der Waals surface area contributed by atoms with Gasteiger partial charge in [0.15, 0.2) is 0 Å². The second-order valence-corrected chi connectivity index (χ2v) is 4.53. The summed E-state index contributed by atoms with van der Waals surface area (Å²) in [5, 5.41) is 0. The molecule has 0 aliphatic rings. The van der Waals surface area contributed by atoms with E-state index in [0.717, 1.165) is 0 Å². The molecule has 0 N–H and O–H groups in total. The van der Waals surface area contributed by atoms with Crippen LogP contribution in [-0.2, 0) is 9.53 Å². The third-order valence-electron chi connectivity index (χ3n) is 1.54. The van der Waals surface area contributed by atoms with Crippen molar-refractivity contribution in [1.82, 2.24) is 0 Å². The summed E-state index contributed by atoms with van der Waals surface area (Å²) in [4.78, 5) is 10.9. The summed E-state index contributed by atoms with van der Waals surface area (Å²) in [5.74, 6) is -1.95. The van der Waals surface area contributed by atoms with Crippen molar-refractivity contribution in [2.24, 2.45) is 11.3 Å². The summed E-state index contributed by atoms with van der Waals surface area (Å²) in [6, 6.07) is 0. The lowest BCUT2D eigenvalue weighted by atomic mass is 9.85. The Balaban J connectivity index is 4.15. The number of esters is 1.